The van der Waals surface area contributed by atoms with E-state index in [4.69, 9.17) is 9.84 Å². The Morgan fingerprint density at radius 2 is 1.61 bits per heavy atom. The fourth-order valence-electron chi connectivity index (χ4n) is 3.14. The van der Waals surface area contributed by atoms with Crippen molar-refractivity contribution in [1.82, 2.24) is 5.32 Å². The number of carbonyl (C=O) groups excluding carboxylic acids is 2. The van der Waals surface area contributed by atoms with Crippen molar-refractivity contribution in [2.24, 2.45) is 0 Å². The number of amides is 3. The van der Waals surface area contributed by atoms with Crippen LogP contribution in [-0.4, -0.2) is 23.0 Å². The number of imide groups is 1. The van der Waals surface area contributed by atoms with Crippen molar-refractivity contribution in [3.8, 4) is 5.75 Å². The van der Waals surface area contributed by atoms with E-state index in [1.54, 1.807) is 66.7 Å². The van der Waals surface area contributed by atoms with E-state index in [1.807, 2.05) is 6.07 Å². The average Bonchev–Trinajstić information content (AvgIpc) is 3.06. The van der Waals surface area contributed by atoms with Gasteiger partial charge in [-0.3, -0.25) is 4.79 Å². The van der Waals surface area contributed by atoms with E-state index in [0.29, 0.717) is 17.0 Å². The van der Waals surface area contributed by atoms with E-state index in [9.17, 15) is 14.4 Å². The zero-order valence-electron chi connectivity index (χ0n) is 16.3. The minimum atomic E-state index is -0.989. The molecule has 2 N–H and O–H groups in total. The number of para-hydroxylation sites is 2. The van der Waals surface area contributed by atoms with Crippen LogP contribution < -0.4 is 15.0 Å². The maximum absolute atomic E-state index is 12.8. The number of benzene rings is 3. The van der Waals surface area contributed by atoms with Gasteiger partial charge in [-0.2, -0.15) is 0 Å². The monoisotopic (exact) mass is 414 g/mol. The number of carbonyl (C=O) groups is 3. The number of aromatic carboxylic acids is 1. The molecule has 0 spiro atoms. The van der Waals surface area contributed by atoms with Gasteiger partial charge < -0.3 is 15.2 Å². The number of carboxylic acid groups (broad SMARTS) is 1. The van der Waals surface area contributed by atoms with Crippen LogP contribution in [0.5, 0.6) is 5.75 Å². The summed E-state index contributed by atoms with van der Waals surface area (Å²) in [4.78, 5) is 37.2. The van der Waals surface area contributed by atoms with E-state index in [-0.39, 0.29) is 17.9 Å². The molecule has 3 aromatic carbocycles. The molecule has 0 aliphatic carbocycles. The van der Waals surface area contributed by atoms with Gasteiger partial charge in [0.2, 0.25) is 0 Å². The van der Waals surface area contributed by atoms with E-state index >= 15 is 0 Å². The van der Waals surface area contributed by atoms with Crippen molar-refractivity contribution in [2.45, 2.75) is 6.61 Å². The maximum Gasteiger partial charge on any atom is 0.335 e. The van der Waals surface area contributed by atoms with Gasteiger partial charge in [0.1, 0.15) is 18.1 Å². The summed E-state index contributed by atoms with van der Waals surface area (Å²) in [5, 5.41) is 11.6. The summed E-state index contributed by atoms with van der Waals surface area (Å²) in [6, 6.07) is 21.7. The largest absolute Gasteiger partial charge is 0.488 e. The van der Waals surface area contributed by atoms with Gasteiger partial charge in [-0.25, -0.2) is 14.5 Å². The van der Waals surface area contributed by atoms with Crippen LogP contribution in [0.25, 0.3) is 6.08 Å². The second kappa shape index (κ2) is 8.54. The number of urea groups is 1. The SMILES string of the molecule is O=C(O)c1ccc(COc2ccccc2/C=C2/NC(=O)N(c3ccccc3)C2=O)cc1. The molecule has 0 unspecified atom stereocenters. The van der Waals surface area contributed by atoms with Gasteiger partial charge in [0, 0.05) is 5.56 Å². The minimum Gasteiger partial charge on any atom is -0.488 e. The van der Waals surface area contributed by atoms with Crippen LogP contribution in [0.3, 0.4) is 0 Å². The van der Waals surface area contributed by atoms with Crippen LogP contribution >= 0.6 is 0 Å². The van der Waals surface area contributed by atoms with Crippen molar-refractivity contribution < 1.29 is 24.2 Å². The Labute approximate surface area is 178 Å². The normalized spacial score (nSPS) is 14.6. The summed E-state index contributed by atoms with van der Waals surface area (Å²) < 4.78 is 5.88. The van der Waals surface area contributed by atoms with E-state index in [2.05, 4.69) is 5.32 Å². The maximum atomic E-state index is 12.8. The highest BCUT2D eigenvalue weighted by Gasteiger charge is 2.34. The molecule has 0 atom stereocenters. The van der Waals surface area contributed by atoms with Crippen LogP contribution in [0, 0.1) is 0 Å². The summed E-state index contributed by atoms with van der Waals surface area (Å²) in [6.45, 7) is 0.219. The first kappa shape index (κ1) is 19.9. The number of ether oxygens (including phenoxy) is 1. The molecule has 31 heavy (non-hydrogen) atoms. The lowest BCUT2D eigenvalue weighted by Gasteiger charge is -2.11. The predicted octanol–water partition coefficient (Wildman–Crippen LogP) is 4.06. The Balaban J connectivity index is 1.53. The Morgan fingerprint density at radius 3 is 2.32 bits per heavy atom. The molecule has 0 bridgehead atoms. The number of rotatable bonds is 6. The highest BCUT2D eigenvalue weighted by molar-refractivity contribution is 6.28. The van der Waals surface area contributed by atoms with Crippen molar-refractivity contribution >= 4 is 29.7 Å². The van der Waals surface area contributed by atoms with Gasteiger partial charge in [0.05, 0.1) is 11.3 Å². The van der Waals surface area contributed by atoms with Gasteiger partial charge in [-0.05, 0) is 42.0 Å². The number of anilines is 1. The molecule has 3 aromatic rings. The van der Waals surface area contributed by atoms with Crippen LogP contribution in [0.4, 0.5) is 10.5 Å². The number of nitrogens with one attached hydrogen (secondary N) is 1. The molecule has 1 heterocycles. The molecule has 0 aromatic heterocycles. The third-order valence-corrected chi connectivity index (χ3v) is 4.71. The number of hydrogen-bond acceptors (Lipinski definition) is 4. The number of hydrogen-bond donors (Lipinski definition) is 2. The minimum absolute atomic E-state index is 0.149. The molecule has 1 fully saturated rings. The van der Waals surface area contributed by atoms with Gasteiger partial charge in [-0.1, -0.05) is 48.5 Å². The quantitative estimate of drug-likeness (QED) is 0.468. The topological polar surface area (TPSA) is 95.9 Å². The third-order valence-electron chi connectivity index (χ3n) is 4.71. The molecule has 1 saturated heterocycles. The Hall–Kier alpha value is -4.39. The smallest absolute Gasteiger partial charge is 0.335 e. The first-order valence-corrected chi connectivity index (χ1v) is 9.49. The summed E-state index contributed by atoms with van der Waals surface area (Å²) in [7, 11) is 0. The molecular weight excluding hydrogens is 396 g/mol. The molecule has 7 nitrogen and oxygen atoms in total. The van der Waals surface area contributed by atoms with E-state index < -0.39 is 17.9 Å². The zero-order valence-corrected chi connectivity index (χ0v) is 16.3. The molecule has 1 aliphatic rings. The van der Waals surface area contributed by atoms with Crippen LogP contribution in [-0.2, 0) is 11.4 Å². The van der Waals surface area contributed by atoms with Crippen molar-refractivity contribution in [3.05, 3.63) is 101 Å². The summed E-state index contributed by atoms with van der Waals surface area (Å²) in [5.74, 6) is -0.912. The summed E-state index contributed by atoms with van der Waals surface area (Å²) >= 11 is 0. The molecular formula is C24H18N2O5. The Morgan fingerprint density at radius 1 is 0.935 bits per heavy atom. The highest BCUT2D eigenvalue weighted by atomic mass is 16.5. The van der Waals surface area contributed by atoms with Crippen molar-refractivity contribution in [1.29, 1.82) is 0 Å². The second-order valence-corrected chi connectivity index (χ2v) is 6.79. The lowest BCUT2D eigenvalue weighted by molar-refractivity contribution is -0.113. The number of carboxylic acids is 1. The standard InChI is InChI=1S/C24H18N2O5/c27-22-20(25-24(30)26(22)19-7-2-1-3-8-19)14-18-6-4-5-9-21(18)31-15-16-10-12-17(13-11-16)23(28)29/h1-14H,15H2,(H,25,30)(H,28,29)/b20-14+. The molecule has 3 amide bonds. The van der Waals surface area contributed by atoms with Crippen molar-refractivity contribution in [3.63, 3.8) is 0 Å². The Kier molecular flexibility index (Phi) is 5.49. The van der Waals surface area contributed by atoms with Crippen molar-refractivity contribution in [2.75, 3.05) is 4.90 Å². The van der Waals surface area contributed by atoms with E-state index in [0.717, 1.165) is 10.5 Å². The third kappa shape index (κ3) is 4.30. The Bertz CT molecular complexity index is 1170. The summed E-state index contributed by atoms with van der Waals surface area (Å²) in [6.07, 6.45) is 1.58. The fourth-order valence-corrected chi connectivity index (χ4v) is 3.14. The van der Waals surface area contributed by atoms with Gasteiger partial charge in [0.25, 0.3) is 5.91 Å². The zero-order chi connectivity index (χ0) is 21.8. The summed E-state index contributed by atoms with van der Waals surface area (Å²) in [5.41, 5.74) is 2.27. The highest BCUT2D eigenvalue weighted by Crippen LogP contribution is 2.26. The average molecular weight is 414 g/mol. The van der Waals surface area contributed by atoms with Crippen LogP contribution in [0.2, 0.25) is 0 Å². The molecule has 7 heteroatoms. The first-order chi connectivity index (χ1) is 15.0. The van der Waals surface area contributed by atoms with Gasteiger partial charge >= 0.3 is 12.0 Å². The lowest BCUT2D eigenvalue weighted by atomic mass is 10.1. The first-order valence-electron chi connectivity index (χ1n) is 9.49. The van der Waals surface area contributed by atoms with Crippen LogP contribution in [0.15, 0.2) is 84.6 Å². The fraction of sp³-hybridized carbons (Fsp3) is 0.0417. The van der Waals surface area contributed by atoms with Crippen LogP contribution in [0.1, 0.15) is 21.5 Å². The second-order valence-electron chi connectivity index (χ2n) is 6.79. The molecule has 1 aliphatic heterocycles. The molecule has 154 valence electrons. The molecule has 0 saturated carbocycles. The molecule has 0 radical (unpaired) electrons. The van der Waals surface area contributed by atoms with E-state index in [1.165, 1.54) is 12.1 Å². The predicted molar refractivity (Wildman–Crippen MR) is 115 cm³/mol. The van der Waals surface area contributed by atoms with Gasteiger partial charge in [-0.15, -0.1) is 0 Å². The molecule has 4 rings (SSSR count). The van der Waals surface area contributed by atoms with Gasteiger partial charge in [0.15, 0.2) is 0 Å². The lowest BCUT2D eigenvalue weighted by Crippen LogP contribution is -2.30. The number of nitrogens with zero attached hydrogens (tertiary/aromatic N) is 1.